The molecule has 0 spiro atoms. The van der Waals surface area contributed by atoms with Crippen LogP contribution in [-0.2, 0) is 9.53 Å². The Morgan fingerprint density at radius 3 is 2.54 bits per heavy atom. The first-order valence-corrected chi connectivity index (χ1v) is 9.00. The van der Waals surface area contributed by atoms with Gasteiger partial charge < -0.3 is 20.5 Å². The van der Waals surface area contributed by atoms with Crippen LogP contribution in [0, 0.1) is 0 Å². The number of alkyl halides is 2. The van der Waals surface area contributed by atoms with Crippen molar-refractivity contribution in [3.05, 3.63) is 36.0 Å². The van der Waals surface area contributed by atoms with E-state index in [0.717, 1.165) is 11.8 Å². The average molecular weight is 412 g/mol. The summed E-state index contributed by atoms with van der Waals surface area (Å²) in [5, 5.41) is 2.26. The number of ether oxygens (including phenoxy) is 2. The van der Waals surface area contributed by atoms with Gasteiger partial charge in [0.25, 0.3) is 0 Å². The Balaban J connectivity index is 1.96. The summed E-state index contributed by atoms with van der Waals surface area (Å²) in [6.45, 7) is 0.576. The fourth-order valence-corrected chi connectivity index (χ4v) is 2.72. The highest BCUT2D eigenvalue weighted by Crippen LogP contribution is 2.23. The molecule has 11 heteroatoms. The number of nitrogens with two attached hydrogens (primary N) is 1. The molecule has 1 aromatic carbocycles. The smallest absolute Gasteiger partial charge is 0.387 e. The first kappa shape index (κ1) is 21.4. The number of amides is 1. The van der Waals surface area contributed by atoms with Crippen molar-refractivity contribution in [3.63, 3.8) is 0 Å². The van der Waals surface area contributed by atoms with Crippen LogP contribution in [0.3, 0.4) is 0 Å². The van der Waals surface area contributed by atoms with Gasteiger partial charge in [-0.3, -0.25) is 4.79 Å². The molecule has 150 valence electrons. The number of carbonyl (C=O) groups is 2. The minimum Gasteiger partial charge on any atom is -0.462 e. The fourth-order valence-electron chi connectivity index (χ4n) is 1.98. The van der Waals surface area contributed by atoms with Crippen molar-refractivity contribution < 1.29 is 27.8 Å². The topological polar surface area (TPSA) is 116 Å². The van der Waals surface area contributed by atoms with Crippen molar-refractivity contribution in [2.75, 3.05) is 17.7 Å². The number of hydrogen-bond acceptors (Lipinski definition) is 8. The lowest BCUT2D eigenvalue weighted by Crippen LogP contribution is -2.22. The molecule has 0 aliphatic carbocycles. The first-order chi connectivity index (χ1) is 13.3. The Kier molecular flexibility index (Phi) is 7.50. The lowest BCUT2D eigenvalue weighted by molar-refractivity contribution is -0.115. The Hall–Kier alpha value is -2.95. The van der Waals surface area contributed by atoms with Crippen LogP contribution in [0.15, 0.2) is 35.6 Å². The predicted octanol–water partition coefficient (Wildman–Crippen LogP) is 2.96. The van der Waals surface area contributed by atoms with E-state index in [1.165, 1.54) is 30.5 Å². The highest BCUT2D eigenvalue weighted by Gasteiger charge is 2.19. The van der Waals surface area contributed by atoms with Gasteiger partial charge in [-0.15, -0.1) is 0 Å². The monoisotopic (exact) mass is 412 g/mol. The lowest BCUT2D eigenvalue weighted by Gasteiger charge is -2.12. The number of nitrogens with one attached hydrogen (secondary N) is 1. The molecule has 0 fully saturated rings. The highest BCUT2D eigenvalue weighted by atomic mass is 32.2. The minimum atomic E-state index is -2.92. The van der Waals surface area contributed by atoms with E-state index in [0.29, 0.717) is 5.69 Å². The van der Waals surface area contributed by atoms with Crippen molar-refractivity contribution in [1.82, 2.24) is 9.97 Å². The zero-order valence-electron chi connectivity index (χ0n) is 15.0. The van der Waals surface area contributed by atoms with Gasteiger partial charge in [0, 0.05) is 11.9 Å². The molecular weight excluding hydrogens is 394 g/mol. The van der Waals surface area contributed by atoms with Gasteiger partial charge in [0.05, 0.1) is 11.9 Å². The second-order valence-corrected chi connectivity index (χ2v) is 6.63. The number of rotatable bonds is 8. The van der Waals surface area contributed by atoms with Gasteiger partial charge in [0.2, 0.25) is 5.91 Å². The van der Waals surface area contributed by atoms with Crippen LogP contribution in [0.4, 0.5) is 20.3 Å². The molecule has 1 atom stereocenters. The van der Waals surface area contributed by atoms with Gasteiger partial charge in [0.15, 0.2) is 5.16 Å². The molecule has 8 nitrogen and oxygen atoms in total. The molecule has 3 N–H and O–H groups in total. The molecule has 1 aromatic heterocycles. The van der Waals surface area contributed by atoms with Crippen LogP contribution in [-0.4, -0.2) is 40.3 Å². The largest absolute Gasteiger partial charge is 0.462 e. The first-order valence-electron chi connectivity index (χ1n) is 8.12. The number of hydrogen-bond donors (Lipinski definition) is 2. The molecule has 0 bridgehead atoms. The normalized spacial score (nSPS) is 11.8. The maximum absolute atomic E-state index is 12.3. The molecule has 0 saturated carbocycles. The summed E-state index contributed by atoms with van der Waals surface area (Å²) in [5.74, 6) is -1.04. The summed E-state index contributed by atoms with van der Waals surface area (Å²) < 4.78 is 33.4. The molecule has 28 heavy (non-hydrogen) atoms. The summed E-state index contributed by atoms with van der Waals surface area (Å²) in [6, 6.07) is 5.51. The van der Waals surface area contributed by atoms with Gasteiger partial charge in [-0.1, -0.05) is 11.8 Å². The summed E-state index contributed by atoms with van der Waals surface area (Å²) in [6.07, 6.45) is 1.25. The minimum absolute atomic E-state index is 0.0130. The van der Waals surface area contributed by atoms with Crippen molar-refractivity contribution >= 4 is 35.1 Å². The molecule has 1 heterocycles. The van der Waals surface area contributed by atoms with Gasteiger partial charge in [-0.25, -0.2) is 14.8 Å². The molecule has 0 radical (unpaired) electrons. The maximum Gasteiger partial charge on any atom is 0.387 e. The van der Waals surface area contributed by atoms with E-state index >= 15 is 0 Å². The number of thioether (sulfide) groups is 1. The summed E-state index contributed by atoms with van der Waals surface area (Å²) in [4.78, 5) is 32.0. The van der Waals surface area contributed by atoms with E-state index in [4.69, 9.17) is 10.5 Å². The number of benzene rings is 1. The van der Waals surface area contributed by atoms with E-state index in [2.05, 4.69) is 20.0 Å². The third-order valence-electron chi connectivity index (χ3n) is 3.29. The van der Waals surface area contributed by atoms with Crippen LogP contribution in [0.2, 0.25) is 0 Å². The van der Waals surface area contributed by atoms with Crippen molar-refractivity contribution in [2.45, 2.75) is 30.9 Å². The number of nitrogens with zero attached hydrogens (tertiary/aromatic N) is 2. The Bertz CT molecular complexity index is 836. The number of aromatic nitrogens is 2. The molecule has 2 rings (SSSR count). The lowest BCUT2D eigenvalue weighted by atomic mass is 10.3. The molecule has 1 amide bonds. The van der Waals surface area contributed by atoms with Gasteiger partial charge in [-0.2, -0.15) is 8.78 Å². The van der Waals surface area contributed by atoms with Crippen LogP contribution in [0.1, 0.15) is 24.2 Å². The maximum atomic E-state index is 12.3. The standard InChI is InChI=1S/C17H18F2N4O4S/c1-3-26-15(25)12-8-21-17(23-13(12)20)28-9(2)14(24)22-10-4-6-11(7-5-10)27-16(18)19/h4-9,16H,3H2,1-2H3,(H,22,24)(H2,20,21,23). The van der Waals surface area contributed by atoms with Crippen molar-refractivity contribution in [1.29, 1.82) is 0 Å². The number of esters is 1. The fraction of sp³-hybridized carbons (Fsp3) is 0.294. The van der Waals surface area contributed by atoms with Gasteiger partial charge in [-0.05, 0) is 38.1 Å². The Morgan fingerprint density at radius 1 is 1.29 bits per heavy atom. The number of carbonyl (C=O) groups excluding carboxylic acids is 2. The summed E-state index contributed by atoms with van der Waals surface area (Å²) in [7, 11) is 0. The number of halogens is 2. The summed E-state index contributed by atoms with van der Waals surface area (Å²) in [5.41, 5.74) is 6.21. The van der Waals surface area contributed by atoms with E-state index in [1.54, 1.807) is 13.8 Å². The predicted molar refractivity (Wildman–Crippen MR) is 99.4 cm³/mol. The number of anilines is 2. The van der Waals surface area contributed by atoms with E-state index in [-0.39, 0.29) is 34.8 Å². The Labute approximate surface area is 163 Å². The molecule has 1 unspecified atom stereocenters. The van der Waals surface area contributed by atoms with Gasteiger partial charge >= 0.3 is 12.6 Å². The van der Waals surface area contributed by atoms with Crippen LogP contribution in [0.5, 0.6) is 5.75 Å². The molecular formula is C17H18F2N4O4S. The third kappa shape index (κ3) is 6.05. The number of nitrogen functional groups attached to an aromatic ring is 1. The molecule has 2 aromatic rings. The molecule has 0 aliphatic heterocycles. The van der Waals surface area contributed by atoms with E-state index < -0.39 is 17.8 Å². The second kappa shape index (κ2) is 9.83. The quantitative estimate of drug-likeness (QED) is 0.386. The zero-order chi connectivity index (χ0) is 20.7. The highest BCUT2D eigenvalue weighted by molar-refractivity contribution is 8.00. The molecule has 0 aliphatic rings. The second-order valence-electron chi connectivity index (χ2n) is 5.32. The Morgan fingerprint density at radius 2 is 1.96 bits per heavy atom. The van der Waals surface area contributed by atoms with Crippen LogP contribution in [0.25, 0.3) is 0 Å². The average Bonchev–Trinajstić information content (AvgIpc) is 2.63. The van der Waals surface area contributed by atoms with Crippen molar-refractivity contribution in [2.24, 2.45) is 0 Å². The van der Waals surface area contributed by atoms with Crippen molar-refractivity contribution in [3.8, 4) is 5.75 Å². The van der Waals surface area contributed by atoms with Crippen LogP contribution < -0.4 is 15.8 Å². The van der Waals surface area contributed by atoms with Gasteiger partial charge in [0.1, 0.15) is 17.1 Å². The third-order valence-corrected chi connectivity index (χ3v) is 4.27. The zero-order valence-corrected chi connectivity index (χ0v) is 15.8. The van der Waals surface area contributed by atoms with E-state index in [9.17, 15) is 18.4 Å². The van der Waals surface area contributed by atoms with Crippen LogP contribution >= 0.6 is 11.8 Å². The SMILES string of the molecule is CCOC(=O)c1cnc(SC(C)C(=O)Nc2ccc(OC(F)F)cc2)nc1N. The summed E-state index contributed by atoms with van der Waals surface area (Å²) >= 11 is 1.04. The molecule has 0 saturated heterocycles. The van der Waals surface area contributed by atoms with E-state index in [1.807, 2.05) is 0 Å².